The van der Waals surface area contributed by atoms with Crippen LogP contribution in [0.5, 0.6) is 0 Å². The van der Waals surface area contributed by atoms with Crippen LogP contribution in [0.25, 0.3) is 22.6 Å². The maximum absolute atomic E-state index is 11.0. The van der Waals surface area contributed by atoms with Crippen LogP contribution < -0.4 is 5.73 Å². The quantitative estimate of drug-likeness (QED) is 0.441. The first-order valence-corrected chi connectivity index (χ1v) is 10.1. The normalized spacial score (nSPS) is 11.6. The van der Waals surface area contributed by atoms with Gasteiger partial charge in [-0.1, -0.05) is 30.3 Å². The van der Waals surface area contributed by atoms with Gasteiger partial charge in [0.1, 0.15) is 5.69 Å². The molecule has 10 heteroatoms. The van der Waals surface area contributed by atoms with E-state index < -0.39 is 5.97 Å². The van der Waals surface area contributed by atoms with Crippen LogP contribution in [0.4, 0.5) is 5.95 Å². The summed E-state index contributed by atoms with van der Waals surface area (Å²) in [5, 5.41) is 26.5. The number of pyridine rings is 1. The molecule has 0 aliphatic rings. The Hall–Kier alpha value is -4.65. The predicted molar refractivity (Wildman–Crippen MR) is 120 cm³/mol. The molecular weight excluding hydrogens is 420 g/mol. The summed E-state index contributed by atoms with van der Waals surface area (Å²) in [5.74, 6) is -0.977. The number of anilines is 1. The van der Waals surface area contributed by atoms with Gasteiger partial charge >= 0.3 is 5.97 Å². The molecule has 3 N–H and O–H groups in total. The van der Waals surface area contributed by atoms with E-state index in [4.69, 9.17) is 16.1 Å². The largest absolute Gasteiger partial charge is 0.481 e. The molecule has 164 valence electrons. The Morgan fingerprint density at radius 2 is 1.91 bits per heavy atom. The molecule has 0 spiro atoms. The lowest BCUT2D eigenvalue weighted by molar-refractivity contribution is -0.137. The number of rotatable bonds is 7. The molecule has 0 amide bonds. The SMILES string of the molecule is CC(CC(=O)O)c1cccc(Cn2cc(-c3cc(-c4cccc(C#N)c4)nc(N)n3)nn2)n1. The molecule has 3 heterocycles. The fourth-order valence-corrected chi connectivity index (χ4v) is 3.38. The molecule has 10 nitrogen and oxygen atoms in total. The second-order valence-corrected chi connectivity index (χ2v) is 7.54. The summed E-state index contributed by atoms with van der Waals surface area (Å²) in [6.45, 7) is 2.19. The fraction of sp³-hybridized carbons (Fsp3) is 0.174. The third-order valence-electron chi connectivity index (χ3n) is 4.97. The van der Waals surface area contributed by atoms with E-state index in [-0.39, 0.29) is 18.3 Å². The van der Waals surface area contributed by atoms with Crippen molar-refractivity contribution in [2.45, 2.75) is 25.8 Å². The van der Waals surface area contributed by atoms with Crippen LogP contribution in [0.3, 0.4) is 0 Å². The van der Waals surface area contributed by atoms with Crippen LogP contribution in [0.15, 0.2) is 54.7 Å². The number of carboxylic acid groups (broad SMARTS) is 1. The minimum absolute atomic E-state index is 0.0126. The van der Waals surface area contributed by atoms with E-state index in [0.717, 1.165) is 11.3 Å². The summed E-state index contributed by atoms with van der Waals surface area (Å²) in [6.07, 6.45) is 1.74. The first kappa shape index (κ1) is 21.6. The van der Waals surface area contributed by atoms with Crippen LogP contribution in [0, 0.1) is 11.3 Å². The lowest BCUT2D eigenvalue weighted by Crippen LogP contribution is -2.08. The molecular formula is C23H20N8O2. The topological polar surface area (TPSA) is 156 Å². The number of nitrogen functional groups attached to an aromatic ring is 1. The second kappa shape index (κ2) is 9.23. The van der Waals surface area contributed by atoms with Crippen molar-refractivity contribution in [2.75, 3.05) is 5.73 Å². The smallest absolute Gasteiger partial charge is 0.304 e. The Balaban J connectivity index is 1.57. The predicted octanol–water partition coefficient (Wildman–Crippen LogP) is 2.88. The van der Waals surface area contributed by atoms with Gasteiger partial charge in [0.2, 0.25) is 5.95 Å². The highest BCUT2D eigenvalue weighted by molar-refractivity contribution is 5.68. The van der Waals surface area contributed by atoms with Gasteiger partial charge in [-0.25, -0.2) is 14.6 Å². The molecule has 1 unspecified atom stereocenters. The highest BCUT2D eigenvalue weighted by Gasteiger charge is 2.14. The van der Waals surface area contributed by atoms with E-state index in [1.54, 1.807) is 35.1 Å². The molecule has 0 saturated heterocycles. The molecule has 0 radical (unpaired) electrons. The fourth-order valence-electron chi connectivity index (χ4n) is 3.38. The third kappa shape index (κ3) is 5.16. The van der Waals surface area contributed by atoms with Gasteiger partial charge in [-0.05, 0) is 30.3 Å². The number of carboxylic acids is 1. The lowest BCUT2D eigenvalue weighted by Gasteiger charge is -2.09. The molecule has 0 fully saturated rings. The summed E-state index contributed by atoms with van der Waals surface area (Å²) in [4.78, 5) is 24.1. The first-order chi connectivity index (χ1) is 15.9. The zero-order chi connectivity index (χ0) is 23.4. The van der Waals surface area contributed by atoms with Crippen molar-refractivity contribution in [3.63, 3.8) is 0 Å². The van der Waals surface area contributed by atoms with Crippen LogP contribution in [0.1, 0.15) is 36.2 Å². The number of nitriles is 1. The summed E-state index contributed by atoms with van der Waals surface area (Å²) in [7, 11) is 0. The van der Waals surface area contributed by atoms with Crippen molar-refractivity contribution in [3.05, 3.63) is 71.7 Å². The van der Waals surface area contributed by atoms with E-state index in [9.17, 15) is 4.79 Å². The molecule has 33 heavy (non-hydrogen) atoms. The van der Waals surface area contributed by atoms with Crippen LogP contribution >= 0.6 is 0 Å². The number of benzene rings is 1. The molecule has 0 aliphatic heterocycles. The van der Waals surface area contributed by atoms with E-state index in [1.807, 2.05) is 31.2 Å². The van der Waals surface area contributed by atoms with E-state index >= 15 is 0 Å². The minimum atomic E-state index is -0.863. The van der Waals surface area contributed by atoms with E-state index in [2.05, 4.69) is 31.3 Å². The van der Waals surface area contributed by atoms with Crippen molar-refractivity contribution in [3.8, 4) is 28.7 Å². The van der Waals surface area contributed by atoms with Gasteiger partial charge in [0.25, 0.3) is 0 Å². The standard InChI is InChI=1S/C23H20N8O2/c1-14(8-22(32)33)18-7-3-6-17(26-18)12-31-13-21(29-30-31)20-10-19(27-23(25)28-20)16-5-2-4-15(9-16)11-24/h2-7,9-10,13-14H,8,12H2,1H3,(H,32,33)(H2,25,27,28). The van der Waals surface area contributed by atoms with Crippen molar-refractivity contribution >= 4 is 11.9 Å². The number of hydrogen-bond donors (Lipinski definition) is 2. The van der Waals surface area contributed by atoms with Crippen molar-refractivity contribution in [1.82, 2.24) is 29.9 Å². The number of aliphatic carboxylic acids is 1. The average Bonchev–Trinajstić information content (AvgIpc) is 3.27. The molecule has 1 atom stereocenters. The zero-order valence-corrected chi connectivity index (χ0v) is 17.8. The summed E-state index contributed by atoms with van der Waals surface area (Å²) in [6, 6.07) is 16.4. The first-order valence-electron chi connectivity index (χ1n) is 10.1. The maximum Gasteiger partial charge on any atom is 0.304 e. The monoisotopic (exact) mass is 440 g/mol. The van der Waals surface area contributed by atoms with Crippen molar-refractivity contribution in [2.24, 2.45) is 0 Å². The Kier molecular flexibility index (Phi) is 6.04. The summed E-state index contributed by atoms with van der Waals surface area (Å²) >= 11 is 0. The number of nitrogens with two attached hydrogens (primary N) is 1. The molecule has 4 aromatic rings. The minimum Gasteiger partial charge on any atom is -0.481 e. The van der Waals surface area contributed by atoms with Gasteiger partial charge in [0.05, 0.1) is 47.9 Å². The van der Waals surface area contributed by atoms with Gasteiger partial charge in [-0.15, -0.1) is 5.10 Å². The van der Waals surface area contributed by atoms with Gasteiger partial charge in [-0.2, -0.15) is 5.26 Å². The molecule has 0 saturated carbocycles. The molecule has 0 aliphatic carbocycles. The Morgan fingerprint density at radius 3 is 2.70 bits per heavy atom. The Bertz CT molecular complexity index is 1360. The Morgan fingerprint density at radius 1 is 1.12 bits per heavy atom. The van der Waals surface area contributed by atoms with Gasteiger partial charge in [0.15, 0.2) is 0 Å². The summed E-state index contributed by atoms with van der Waals surface area (Å²) in [5.41, 5.74) is 10.2. The average molecular weight is 440 g/mol. The summed E-state index contributed by atoms with van der Waals surface area (Å²) < 4.78 is 1.62. The van der Waals surface area contributed by atoms with Crippen molar-refractivity contribution < 1.29 is 9.90 Å². The van der Waals surface area contributed by atoms with Crippen LogP contribution in [-0.2, 0) is 11.3 Å². The number of carbonyl (C=O) groups is 1. The van der Waals surface area contributed by atoms with E-state index in [0.29, 0.717) is 34.9 Å². The Labute approximate surface area is 189 Å². The van der Waals surface area contributed by atoms with Crippen molar-refractivity contribution in [1.29, 1.82) is 5.26 Å². The number of nitrogens with zero attached hydrogens (tertiary/aromatic N) is 7. The maximum atomic E-state index is 11.0. The second-order valence-electron chi connectivity index (χ2n) is 7.54. The highest BCUT2D eigenvalue weighted by Crippen LogP contribution is 2.24. The van der Waals surface area contributed by atoms with Crippen LogP contribution in [0.2, 0.25) is 0 Å². The number of hydrogen-bond acceptors (Lipinski definition) is 8. The number of aromatic nitrogens is 6. The zero-order valence-electron chi connectivity index (χ0n) is 17.8. The molecule has 0 bridgehead atoms. The van der Waals surface area contributed by atoms with Gasteiger partial charge in [0, 0.05) is 17.2 Å². The molecule has 1 aromatic carbocycles. The third-order valence-corrected chi connectivity index (χ3v) is 4.97. The highest BCUT2D eigenvalue weighted by atomic mass is 16.4. The van der Waals surface area contributed by atoms with Crippen LogP contribution in [-0.4, -0.2) is 41.0 Å². The molecule has 3 aromatic heterocycles. The lowest BCUT2D eigenvalue weighted by atomic mass is 10.0. The van der Waals surface area contributed by atoms with E-state index in [1.165, 1.54) is 0 Å². The molecule has 4 rings (SSSR count). The van der Waals surface area contributed by atoms with Gasteiger partial charge in [-0.3, -0.25) is 9.78 Å². The van der Waals surface area contributed by atoms with Gasteiger partial charge < -0.3 is 10.8 Å².